The maximum atomic E-state index is 6.34. The Hall–Kier alpha value is -1.78. The van der Waals surface area contributed by atoms with Crippen molar-refractivity contribution in [2.45, 2.75) is 18.9 Å². The molecule has 0 radical (unpaired) electrons. The molecule has 0 spiro atoms. The molecule has 21 heavy (non-hydrogen) atoms. The Morgan fingerprint density at radius 2 is 2.33 bits per heavy atom. The minimum Gasteiger partial charge on any atom is -0.495 e. The van der Waals surface area contributed by atoms with Gasteiger partial charge in [-0.2, -0.15) is 0 Å². The highest BCUT2D eigenvalue weighted by Gasteiger charge is 2.21. The number of fused-ring (bicyclic) bond motifs is 1. The second-order valence-electron chi connectivity index (χ2n) is 5.08. The topological polar surface area (TPSA) is 57.4 Å². The molecule has 2 N–H and O–H groups in total. The van der Waals surface area contributed by atoms with Gasteiger partial charge in [-0.3, -0.25) is 4.98 Å². The maximum Gasteiger partial charge on any atom is 0.141 e. The van der Waals surface area contributed by atoms with Crippen molar-refractivity contribution in [3.8, 4) is 11.5 Å². The Morgan fingerprint density at radius 1 is 1.48 bits per heavy atom. The van der Waals surface area contributed by atoms with Gasteiger partial charge in [0.05, 0.1) is 19.9 Å². The number of nitrogens with two attached hydrogens (primary N) is 1. The van der Waals surface area contributed by atoms with E-state index >= 15 is 0 Å². The van der Waals surface area contributed by atoms with E-state index < -0.39 is 0 Å². The molecule has 0 amide bonds. The lowest BCUT2D eigenvalue weighted by Crippen LogP contribution is -2.15. The van der Waals surface area contributed by atoms with Gasteiger partial charge in [0, 0.05) is 29.2 Å². The van der Waals surface area contributed by atoms with E-state index in [4.69, 9.17) is 26.8 Å². The second kappa shape index (κ2) is 5.92. The number of ether oxygens (including phenoxy) is 2. The zero-order chi connectivity index (χ0) is 14.8. The number of aromatic nitrogens is 1. The van der Waals surface area contributed by atoms with Crippen LogP contribution >= 0.6 is 11.6 Å². The number of nitrogens with zero attached hydrogens (tertiary/aromatic N) is 1. The number of methoxy groups -OCH3 is 1. The molecule has 4 nitrogen and oxygen atoms in total. The Kier molecular flexibility index (Phi) is 3.99. The van der Waals surface area contributed by atoms with Gasteiger partial charge in [-0.15, -0.1) is 0 Å². The van der Waals surface area contributed by atoms with E-state index in [0.29, 0.717) is 18.8 Å². The summed E-state index contributed by atoms with van der Waals surface area (Å²) in [5.74, 6) is 1.63. The van der Waals surface area contributed by atoms with Crippen molar-refractivity contribution < 1.29 is 9.47 Å². The molecule has 0 fully saturated rings. The van der Waals surface area contributed by atoms with E-state index in [1.54, 1.807) is 19.5 Å². The first-order valence-electron chi connectivity index (χ1n) is 6.86. The number of halogens is 1. The zero-order valence-corrected chi connectivity index (χ0v) is 12.6. The molecule has 1 aliphatic rings. The van der Waals surface area contributed by atoms with Crippen LogP contribution in [-0.2, 0) is 12.8 Å². The molecule has 2 heterocycles. The minimum absolute atomic E-state index is 0.199. The molecule has 0 aliphatic carbocycles. The molecular weight excluding hydrogens is 288 g/mol. The van der Waals surface area contributed by atoms with Gasteiger partial charge in [-0.25, -0.2) is 0 Å². The Morgan fingerprint density at radius 3 is 3.14 bits per heavy atom. The minimum atomic E-state index is -0.199. The molecule has 0 saturated carbocycles. The Bertz CT molecular complexity index is 661. The number of hydrogen-bond acceptors (Lipinski definition) is 4. The third-order valence-electron chi connectivity index (χ3n) is 3.70. The number of benzene rings is 1. The van der Waals surface area contributed by atoms with E-state index in [9.17, 15) is 0 Å². The van der Waals surface area contributed by atoms with Crippen LogP contribution in [0.4, 0.5) is 0 Å². The molecule has 1 aromatic heterocycles. The van der Waals surface area contributed by atoms with Crippen LogP contribution in [0.25, 0.3) is 0 Å². The monoisotopic (exact) mass is 304 g/mol. The molecule has 1 aromatic carbocycles. The number of pyridine rings is 1. The van der Waals surface area contributed by atoms with Crippen LogP contribution in [-0.4, -0.2) is 18.7 Å². The molecule has 3 rings (SSSR count). The summed E-state index contributed by atoms with van der Waals surface area (Å²) in [6, 6.07) is 5.58. The van der Waals surface area contributed by atoms with Crippen LogP contribution in [0.2, 0.25) is 5.02 Å². The van der Waals surface area contributed by atoms with Crippen LogP contribution in [0.5, 0.6) is 11.5 Å². The van der Waals surface area contributed by atoms with Crippen LogP contribution in [0.15, 0.2) is 30.6 Å². The molecular formula is C16H17ClN2O2. The van der Waals surface area contributed by atoms with E-state index in [1.165, 1.54) is 0 Å². The van der Waals surface area contributed by atoms with E-state index in [-0.39, 0.29) is 6.04 Å². The second-order valence-corrected chi connectivity index (χ2v) is 5.52. The fraction of sp³-hybridized carbons (Fsp3) is 0.312. The fourth-order valence-corrected chi connectivity index (χ4v) is 2.98. The van der Waals surface area contributed by atoms with E-state index in [2.05, 4.69) is 4.98 Å². The Labute approximate surface area is 128 Å². The van der Waals surface area contributed by atoms with E-state index in [0.717, 1.165) is 33.9 Å². The Balaban J connectivity index is 1.90. The fourth-order valence-electron chi connectivity index (χ4n) is 2.71. The van der Waals surface area contributed by atoms with Crippen molar-refractivity contribution in [2.75, 3.05) is 13.7 Å². The summed E-state index contributed by atoms with van der Waals surface area (Å²) in [5.41, 5.74) is 9.47. The highest BCUT2D eigenvalue weighted by molar-refractivity contribution is 6.30. The summed E-state index contributed by atoms with van der Waals surface area (Å²) in [5, 5.41) is 0.725. The van der Waals surface area contributed by atoms with Gasteiger partial charge in [0.2, 0.25) is 0 Å². The third kappa shape index (κ3) is 2.82. The van der Waals surface area contributed by atoms with Gasteiger partial charge in [-0.05, 0) is 35.7 Å². The lowest BCUT2D eigenvalue weighted by molar-refractivity contribution is 0.352. The smallest absolute Gasteiger partial charge is 0.141 e. The molecule has 1 unspecified atom stereocenters. The number of rotatable bonds is 4. The lowest BCUT2D eigenvalue weighted by Gasteiger charge is -2.17. The zero-order valence-electron chi connectivity index (χ0n) is 11.8. The van der Waals surface area contributed by atoms with Crippen LogP contribution < -0.4 is 15.2 Å². The van der Waals surface area contributed by atoms with Crippen molar-refractivity contribution in [3.05, 3.63) is 52.3 Å². The predicted molar refractivity (Wildman–Crippen MR) is 82.1 cm³/mol. The van der Waals surface area contributed by atoms with Crippen molar-refractivity contribution in [1.82, 2.24) is 4.98 Å². The van der Waals surface area contributed by atoms with Gasteiger partial charge in [-0.1, -0.05) is 11.6 Å². The highest BCUT2D eigenvalue weighted by Crippen LogP contribution is 2.35. The largest absolute Gasteiger partial charge is 0.495 e. The SMILES string of the molecule is COc1cnccc1C(N)Cc1cc(Cl)cc2c1OCC2. The standard InChI is InChI=1S/C16H17ClN2O2/c1-20-15-9-19-4-2-13(15)14(18)8-11-7-12(17)6-10-3-5-21-16(10)11/h2,4,6-7,9,14H,3,5,8,18H2,1H3. The van der Waals surface area contributed by atoms with Crippen LogP contribution in [0, 0.1) is 0 Å². The van der Waals surface area contributed by atoms with Crippen molar-refractivity contribution in [1.29, 1.82) is 0 Å². The normalized spacial score (nSPS) is 14.4. The molecule has 0 saturated heterocycles. The van der Waals surface area contributed by atoms with Gasteiger partial charge in [0.1, 0.15) is 11.5 Å². The summed E-state index contributed by atoms with van der Waals surface area (Å²) in [6.45, 7) is 0.705. The van der Waals surface area contributed by atoms with Gasteiger partial charge in [0.25, 0.3) is 0 Å². The van der Waals surface area contributed by atoms with Gasteiger partial charge >= 0.3 is 0 Å². The predicted octanol–water partition coefficient (Wildman–Crippen LogP) is 2.92. The average molecular weight is 305 g/mol. The summed E-state index contributed by atoms with van der Waals surface area (Å²) < 4.78 is 11.0. The van der Waals surface area contributed by atoms with Gasteiger partial charge in [0.15, 0.2) is 0 Å². The van der Waals surface area contributed by atoms with Crippen molar-refractivity contribution in [2.24, 2.45) is 5.73 Å². The molecule has 1 aliphatic heterocycles. The molecule has 0 bridgehead atoms. The lowest BCUT2D eigenvalue weighted by atomic mass is 9.97. The quantitative estimate of drug-likeness (QED) is 0.943. The van der Waals surface area contributed by atoms with Gasteiger partial charge < -0.3 is 15.2 Å². The molecule has 1 atom stereocenters. The third-order valence-corrected chi connectivity index (χ3v) is 3.92. The summed E-state index contributed by atoms with van der Waals surface area (Å²) >= 11 is 6.19. The van der Waals surface area contributed by atoms with Crippen LogP contribution in [0.3, 0.4) is 0 Å². The first-order valence-corrected chi connectivity index (χ1v) is 7.24. The van der Waals surface area contributed by atoms with E-state index in [1.807, 2.05) is 18.2 Å². The molecule has 110 valence electrons. The average Bonchev–Trinajstić information content (AvgIpc) is 2.95. The summed E-state index contributed by atoms with van der Waals surface area (Å²) in [6.07, 6.45) is 4.94. The molecule has 2 aromatic rings. The highest BCUT2D eigenvalue weighted by atomic mass is 35.5. The summed E-state index contributed by atoms with van der Waals surface area (Å²) in [7, 11) is 1.62. The summed E-state index contributed by atoms with van der Waals surface area (Å²) in [4.78, 5) is 4.05. The van der Waals surface area contributed by atoms with Crippen LogP contribution in [0.1, 0.15) is 22.7 Å². The maximum absolute atomic E-state index is 6.34. The first kappa shape index (κ1) is 14.2. The molecule has 5 heteroatoms. The van der Waals surface area contributed by atoms with Crippen molar-refractivity contribution in [3.63, 3.8) is 0 Å². The number of hydrogen-bond donors (Lipinski definition) is 1. The van der Waals surface area contributed by atoms with Crippen molar-refractivity contribution >= 4 is 11.6 Å². The first-order chi connectivity index (χ1) is 10.2.